The van der Waals surface area contributed by atoms with E-state index in [9.17, 15) is 4.79 Å². The Bertz CT molecular complexity index is 777. The predicted molar refractivity (Wildman–Crippen MR) is 96.8 cm³/mol. The van der Waals surface area contributed by atoms with Gasteiger partial charge in [-0.3, -0.25) is 4.79 Å². The fourth-order valence-electron chi connectivity index (χ4n) is 2.55. The molecular formula is C18H19BrN2O3. The lowest BCUT2D eigenvalue weighted by Crippen LogP contribution is -2.22. The maximum Gasteiger partial charge on any atom is 0.251 e. The number of amides is 1. The zero-order chi connectivity index (χ0) is 17.1. The Morgan fingerprint density at radius 1 is 1.21 bits per heavy atom. The largest absolute Gasteiger partial charge is 0.454 e. The van der Waals surface area contributed by atoms with E-state index in [0.29, 0.717) is 18.7 Å². The number of carbonyl (C=O) groups is 1. The summed E-state index contributed by atoms with van der Waals surface area (Å²) in [6.07, 6.45) is 0. The van der Waals surface area contributed by atoms with Crippen molar-refractivity contribution < 1.29 is 14.3 Å². The predicted octanol–water partition coefficient (Wildman–Crippen LogP) is 3.85. The SMILES string of the molecule is CCNC(=O)c1ccc(NCc2cc3c(cc2Br)OCO3)c(C)c1. The number of benzene rings is 2. The van der Waals surface area contributed by atoms with E-state index in [4.69, 9.17) is 9.47 Å². The minimum atomic E-state index is -0.0503. The van der Waals surface area contributed by atoms with Crippen LogP contribution in [0.4, 0.5) is 5.69 Å². The van der Waals surface area contributed by atoms with E-state index in [-0.39, 0.29) is 12.7 Å². The third-order valence-electron chi connectivity index (χ3n) is 3.84. The summed E-state index contributed by atoms with van der Waals surface area (Å²) in [7, 11) is 0. The van der Waals surface area contributed by atoms with Gasteiger partial charge in [0.25, 0.3) is 5.91 Å². The number of carbonyl (C=O) groups excluding carboxylic acids is 1. The van der Waals surface area contributed by atoms with Gasteiger partial charge in [-0.05, 0) is 55.3 Å². The Labute approximate surface area is 149 Å². The van der Waals surface area contributed by atoms with Crippen LogP contribution < -0.4 is 20.1 Å². The highest BCUT2D eigenvalue weighted by Crippen LogP contribution is 2.37. The highest BCUT2D eigenvalue weighted by Gasteiger charge is 2.16. The van der Waals surface area contributed by atoms with Crippen LogP contribution in [-0.4, -0.2) is 19.2 Å². The van der Waals surface area contributed by atoms with Gasteiger partial charge in [0, 0.05) is 28.8 Å². The Morgan fingerprint density at radius 3 is 2.67 bits per heavy atom. The van der Waals surface area contributed by atoms with Gasteiger partial charge >= 0.3 is 0 Å². The van der Waals surface area contributed by atoms with Crippen LogP contribution in [0.3, 0.4) is 0 Å². The van der Waals surface area contributed by atoms with E-state index in [1.807, 2.05) is 44.2 Å². The zero-order valence-electron chi connectivity index (χ0n) is 13.6. The van der Waals surface area contributed by atoms with Crippen molar-refractivity contribution in [2.45, 2.75) is 20.4 Å². The molecule has 0 saturated carbocycles. The van der Waals surface area contributed by atoms with Gasteiger partial charge in [-0.2, -0.15) is 0 Å². The van der Waals surface area contributed by atoms with Crippen LogP contribution in [0.2, 0.25) is 0 Å². The lowest BCUT2D eigenvalue weighted by molar-refractivity contribution is 0.0955. The topological polar surface area (TPSA) is 59.6 Å². The molecule has 0 bridgehead atoms. The third kappa shape index (κ3) is 3.48. The number of ether oxygens (including phenoxy) is 2. The molecule has 5 nitrogen and oxygen atoms in total. The summed E-state index contributed by atoms with van der Waals surface area (Å²) in [5, 5.41) is 6.21. The first-order chi connectivity index (χ1) is 11.6. The molecule has 2 N–H and O–H groups in total. The maximum absolute atomic E-state index is 11.9. The fourth-order valence-corrected chi connectivity index (χ4v) is 3.01. The molecule has 1 aliphatic rings. The van der Waals surface area contributed by atoms with E-state index < -0.39 is 0 Å². The summed E-state index contributed by atoms with van der Waals surface area (Å²) in [5.41, 5.74) is 3.76. The van der Waals surface area contributed by atoms with Crippen molar-refractivity contribution in [1.29, 1.82) is 0 Å². The number of hydrogen-bond acceptors (Lipinski definition) is 4. The number of anilines is 1. The van der Waals surface area contributed by atoms with Crippen LogP contribution in [0.15, 0.2) is 34.8 Å². The molecular weight excluding hydrogens is 372 g/mol. The van der Waals surface area contributed by atoms with E-state index in [1.54, 1.807) is 0 Å². The van der Waals surface area contributed by atoms with Crippen molar-refractivity contribution in [3.63, 3.8) is 0 Å². The quantitative estimate of drug-likeness (QED) is 0.813. The van der Waals surface area contributed by atoms with Crippen molar-refractivity contribution in [3.8, 4) is 11.5 Å². The molecule has 0 radical (unpaired) electrons. The van der Waals surface area contributed by atoms with Gasteiger partial charge in [-0.25, -0.2) is 0 Å². The molecule has 0 fully saturated rings. The summed E-state index contributed by atoms with van der Waals surface area (Å²) in [6.45, 7) is 5.41. The van der Waals surface area contributed by atoms with E-state index in [2.05, 4.69) is 26.6 Å². The fraction of sp³-hybridized carbons (Fsp3) is 0.278. The van der Waals surface area contributed by atoms with Crippen LogP contribution in [0.5, 0.6) is 11.5 Å². The molecule has 6 heteroatoms. The summed E-state index contributed by atoms with van der Waals surface area (Å²) in [6, 6.07) is 9.54. The van der Waals surface area contributed by atoms with Crippen LogP contribution in [0.25, 0.3) is 0 Å². The molecule has 1 heterocycles. The van der Waals surface area contributed by atoms with E-state index in [0.717, 1.165) is 32.8 Å². The van der Waals surface area contributed by atoms with E-state index in [1.165, 1.54) is 0 Å². The monoisotopic (exact) mass is 390 g/mol. The molecule has 0 aliphatic carbocycles. The van der Waals surface area contributed by atoms with Crippen LogP contribution in [-0.2, 0) is 6.54 Å². The highest BCUT2D eigenvalue weighted by molar-refractivity contribution is 9.10. The normalized spacial score (nSPS) is 12.1. The van der Waals surface area contributed by atoms with Gasteiger partial charge in [0.15, 0.2) is 11.5 Å². The Balaban J connectivity index is 1.72. The van der Waals surface area contributed by atoms with Gasteiger partial charge < -0.3 is 20.1 Å². The molecule has 0 unspecified atom stereocenters. The lowest BCUT2D eigenvalue weighted by atomic mass is 10.1. The second-order valence-corrected chi connectivity index (χ2v) is 6.39. The molecule has 1 amide bonds. The van der Waals surface area contributed by atoms with Crippen LogP contribution in [0, 0.1) is 6.92 Å². The molecule has 2 aromatic carbocycles. The average Bonchev–Trinajstić information content (AvgIpc) is 3.00. The maximum atomic E-state index is 11.9. The van der Waals surface area contributed by atoms with Crippen molar-refractivity contribution in [2.75, 3.05) is 18.7 Å². The number of rotatable bonds is 5. The number of halogens is 1. The molecule has 2 aromatic rings. The van der Waals surface area contributed by atoms with Gasteiger partial charge in [0.05, 0.1) is 0 Å². The van der Waals surface area contributed by atoms with Crippen LogP contribution >= 0.6 is 15.9 Å². The van der Waals surface area contributed by atoms with Gasteiger partial charge in [0.1, 0.15) is 0 Å². The first-order valence-corrected chi connectivity index (χ1v) is 8.58. The molecule has 0 aromatic heterocycles. The summed E-state index contributed by atoms with van der Waals surface area (Å²) < 4.78 is 11.7. The van der Waals surface area contributed by atoms with Gasteiger partial charge in [-0.15, -0.1) is 0 Å². The zero-order valence-corrected chi connectivity index (χ0v) is 15.2. The molecule has 0 saturated heterocycles. The number of fused-ring (bicyclic) bond motifs is 1. The molecule has 24 heavy (non-hydrogen) atoms. The summed E-state index contributed by atoms with van der Waals surface area (Å²) in [4.78, 5) is 11.9. The van der Waals surface area contributed by atoms with Crippen molar-refractivity contribution in [2.24, 2.45) is 0 Å². The number of aryl methyl sites for hydroxylation is 1. The third-order valence-corrected chi connectivity index (χ3v) is 4.58. The minimum Gasteiger partial charge on any atom is -0.454 e. The Morgan fingerprint density at radius 2 is 1.96 bits per heavy atom. The number of nitrogens with one attached hydrogen (secondary N) is 2. The summed E-state index contributed by atoms with van der Waals surface area (Å²) >= 11 is 3.56. The van der Waals surface area contributed by atoms with E-state index >= 15 is 0 Å². The molecule has 3 rings (SSSR count). The standard InChI is InChI=1S/C18H19BrN2O3/c1-3-20-18(22)12-4-5-15(11(2)6-12)21-9-13-7-16-17(8-14(13)19)24-10-23-16/h4-8,21H,3,9-10H2,1-2H3,(H,20,22). The second kappa shape index (κ2) is 7.13. The minimum absolute atomic E-state index is 0.0503. The molecule has 1 aliphatic heterocycles. The Hall–Kier alpha value is -2.21. The average molecular weight is 391 g/mol. The Kier molecular flexibility index (Phi) is 4.94. The molecule has 0 atom stereocenters. The van der Waals surface area contributed by atoms with Gasteiger partial charge in [0.2, 0.25) is 6.79 Å². The first-order valence-electron chi connectivity index (χ1n) is 7.79. The smallest absolute Gasteiger partial charge is 0.251 e. The summed E-state index contributed by atoms with van der Waals surface area (Å²) in [5.74, 6) is 1.47. The highest BCUT2D eigenvalue weighted by atomic mass is 79.9. The van der Waals surface area contributed by atoms with Crippen molar-refractivity contribution in [3.05, 3.63) is 51.5 Å². The van der Waals surface area contributed by atoms with Gasteiger partial charge in [-0.1, -0.05) is 15.9 Å². The van der Waals surface area contributed by atoms with Crippen molar-refractivity contribution in [1.82, 2.24) is 5.32 Å². The molecule has 0 spiro atoms. The lowest BCUT2D eigenvalue weighted by Gasteiger charge is -2.13. The second-order valence-electron chi connectivity index (χ2n) is 5.54. The number of hydrogen-bond donors (Lipinski definition) is 2. The van der Waals surface area contributed by atoms with Crippen molar-refractivity contribution >= 4 is 27.5 Å². The van der Waals surface area contributed by atoms with Crippen LogP contribution in [0.1, 0.15) is 28.4 Å². The first kappa shape index (κ1) is 16.6. The molecule has 126 valence electrons.